The number of hydrogen-bond acceptors (Lipinski definition) is 4. The number of morpholine rings is 1. The highest BCUT2D eigenvalue weighted by Gasteiger charge is 2.50. The van der Waals surface area contributed by atoms with Crippen molar-refractivity contribution in [1.82, 2.24) is 9.80 Å². The molecule has 0 spiro atoms. The van der Waals surface area contributed by atoms with Gasteiger partial charge in [0.1, 0.15) is 6.29 Å². The molecule has 188 valence electrons. The Balaban J connectivity index is 1.74. The second-order valence-electron chi connectivity index (χ2n) is 10.1. The zero-order chi connectivity index (χ0) is 25.0. The number of halogens is 2. The summed E-state index contributed by atoms with van der Waals surface area (Å²) in [6.07, 6.45) is 2.50. The third-order valence-electron chi connectivity index (χ3n) is 7.57. The SMILES string of the molecule is C[C@@H](CCN1CCOCC1)N1C(=O)[C@@](C)(CC=O)C[C@H](c2cccc(Cl)c2)[C@H]1c1ccc(Cl)cc1. The molecule has 1 amide bonds. The van der Waals surface area contributed by atoms with E-state index >= 15 is 0 Å². The van der Waals surface area contributed by atoms with Gasteiger partial charge in [-0.2, -0.15) is 0 Å². The fraction of sp³-hybridized carbons (Fsp3) is 0.500. The van der Waals surface area contributed by atoms with Crippen LogP contribution in [0.25, 0.3) is 0 Å². The van der Waals surface area contributed by atoms with Gasteiger partial charge in [-0.15, -0.1) is 0 Å². The maximum absolute atomic E-state index is 14.1. The minimum atomic E-state index is -0.773. The number of piperidine rings is 1. The van der Waals surface area contributed by atoms with E-state index in [9.17, 15) is 9.59 Å². The summed E-state index contributed by atoms with van der Waals surface area (Å²) in [5.74, 6) is 0.0284. The van der Waals surface area contributed by atoms with Crippen LogP contribution in [0, 0.1) is 5.41 Å². The average molecular weight is 517 g/mol. The van der Waals surface area contributed by atoms with Gasteiger partial charge in [-0.05, 0) is 55.2 Å². The Bertz CT molecular complexity index is 1030. The van der Waals surface area contributed by atoms with E-state index in [2.05, 4.69) is 17.9 Å². The van der Waals surface area contributed by atoms with Crippen molar-refractivity contribution in [3.05, 3.63) is 69.7 Å². The molecular weight excluding hydrogens is 483 g/mol. The molecule has 2 saturated heterocycles. The highest BCUT2D eigenvalue weighted by Crippen LogP contribution is 2.51. The predicted molar refractivity (Wildman–Crippen MR) is 140 cm³/mol. The maximum atomic E-state index is 14.1. The third-order valence-corrected chi connectivity index (χ3v) is 8.05. The lowest BCUT2D eigenvalue weighted by molar-refractivity contribution is -0.155. The number of rotatable bonds is 8. The standard InChI is InChI=1S/C28H34Cl2N2O3/c1-20(10-12-31-13-16-35-17-14-31)32-26(21-6-8-23(29)9-7-21)25(22-4-3-5-24(30)18-22)19-28(2,11-15-33)27(32)34/h3-9,15,18,20,25-26H,10-14,16-17,19H2,1-2H3/t20-,25+,26+,28-/m0/s1. The maximum Gasteiger partial charge on any atom is 0.229 e. The molecule has 2 aromatic rings. The van der Waals surface area contributed by atoms with Gasteiger partial charge in [0.25, 0.3) is 0 Å². The average Bonchev–Trinajstić information content (AvgIpc) is 2.85. The topological polar surface area (TPSA) is 49.9 Å². The van der Waals surface area contributed by atoms with Crippen molar-refractivity contribution in [1.29, 1.82) is 0 Å². The molecule has 35 heavy (non-hydrogen) atoms. The summed E-state index contributed by atoms with van der Waals surface area (Å²) in [7, 11) is 0. The van der Waals surface area contributed by atoms with Crippen molar-refractivity contribution in [2.24, 2.45) is 5.41 Å². The molecule has 2 heterocycles. The Morgan fingerprint density at radius 3 is 2.46 bits per heavy atom. The van der Waals surface area contributed by atoms with Gasteiger partial charge in [0.15, 0.2) is 0 Å². The zero-order valence-corrected chi connectivity index (χ0v) is 22.0. The number of ether oxygens (including phenoxy) is 1. The van der Waals surface area contributed by atoms with Crippen LogP contribution in [0.15, 0.2) is 48.5 Å². The number of nitrogens with zero attached hydrogens (tertiary/aromatic N) is 2. The van der Waals surface area contributed by atoms with E-state index in [-0.39, 0.29) is 30.3 Å². The summed E-state index contributed by atoms with van der Waals surface area (Å²) in [4.78, 5) is 30.2. The van der Waals surface area contributed by atoms with Gasteiger partial charge in [-0.25, -0.2) is 0 Å². The van der Waals surface area contributed by atoms with Crippen LogP contribution in [0.1, 0.15) is 56.2 Å². The molecule has 0 unspecified atom stereocenters. The van der Waals surface area contributed by atoms with E-state index < -0.39 is 5.41 Å². The minimum absolute atomic E-state index is 0.0108. The molecule has 5 nitrogen and oxygen atoms in total. The van der Waals surface area contributed by atoms with E-state index in [4.69, 9.17) is 27.9 Å². The second-order valence-corrected chi connectivity index (χ2v) is 11.0. The molecule has 2 aliphatic heterocycles. The highest BCUT2D eigenvalue weighted by atomic mass is 35.5. The fourth-order valence-corrected chi connectivity index (χ4v) is 5.89. The first-order chi connectivity index (χ1) is 16.8. The van der Waals surface area contributed by atoms with Crippen LogP contribution in [-0.4, -0.2) is 60.9 Å². The third kappa shape index (κ3) is 5.91. The largest absolute Gasteiger partial charge is 0.379 e. The molecule has 0 aromatic heterocycles. The number of benzene rings is 2. The monoisotopic (exact) mass is 516 g/mol. The molecule has 2 aromatic carbocycles. The van der Waals surface area contributed by atoms with Crippen molar-refractivity contribution in [3.63, 3.8) is 0 Å². The number of hydrogen-bond donors (Lipinski definition) is 0. The fourth-order valence-electron chi connectivity index (χ4n) is 5.57. The van der Waals surface area contributed by atoms with Gasteiger partial charge >= 0.3 is 0 Å². The Labute approximate surface area is 218 Å². The van der Waals surface area contributed by atoms with Crippen LogP contribution in [0.4, 0.5) is 0 Å². The zero-order valence-electron chi connectivity index (χ0n) is 20.5. The molecule has 4 rings (SSSR count). The van der Waals surface area contributed by atoms with Crippen molar-refractivity contribution in [2.75, 3.05) is 32.8 Å². The highest BCUT2D eigenvalue weighted by molar-refractivity contribution is 6.30. The van der Waals surface area contributed by atoms with Gasteiger partial charge in [0.05, 0.1) is 24.7 Å². The molecule has 4 atom stereocenters. The summed E-state index contributed by atoms with van der Waals surface area (Å²) in [5, 5.41) is 1.33. The van der Waals surface area contributed by atoms with Crippen LogP contribution >= 0.6 is 23.2 Å². The van der Waals surface area contributed by atoms with Crippen molar-refractivity contribution in [3.8, 4) is 0 Å². The van der Waals surface area contributed by atoms with Gasteiger partial charge in [-0.1, -0.05) is 54.4 Å². The first-order valence-electron chi connectivity index (χ1n) is 12.4. The van der Waals surface area contributed by atoms with Crippen molar-refractivity contribution < 1.29 is 14.3 Å². The molecule has 0 saturated carbocycles. The normalized spacial score (nSPS) is 26.5. The van der Waals surface area contributed by atoms with Crippen LogP contribution in [0.2, 0.25) is 10.0 Å². The van der Waals surface area contributed by atoms with Crippen LogP contribution < -0.4 is 0 Å². The van der Waals surface area contributed by atoms with Gasteiger partial charge < -0.3 is 14.4 Å². The first kappa shape index (κ1) is 26.2. The molecular formula is C28H34Cl2N2O3. The van der Waals surface area contributed by atoms with E-state index in [1.807, 2.05) is 54.3 Å². The summed E-state index contributed by atoms with van der Waals surface area (Å²) >= 11 is 12.6. The lowest BCUT2D eigenvalue weighted by Crippen LogP contribution is -2.55. The van der Waals surface area contributed by atoms with E-state index in [0.29, 0.717) is 16.5 Å². The molecule has 0 radical (unpaired) electrons. The van der Waals surface area contributed by atoms with E-state index in [1.165, 1.54) is 0 Å². The second kappa shape index (κ2) is 11.4. The molecule has 0 N–H and O–H groups in total. The van der Waals surface area contributed by atoms with E-state index in [1.54, 1.807) is 0 Å². The Hall–Kier alpha value is -1.92. The molecule has 2 aliphatic rings. The van der Waals surface area contributed by atoms with Crippen LogP contribution in [-0.2, 0) is 14.3 Å². The number of carbonyl (C=O) groups excluding carboxylic acids is 2. The van der Waals surface area contributed by atoms with Crippen LogP contribution in [0.5, 0.6) is 0 Å². The number of aldehydes is 1. The van der Waals surface area contributed by atoms with Gasteiger partial charge in [0, 0.05) is 48.1 Å². The summed E-state index contributed by atoms with van der Waals surface area (Å²) in [6, 6.07) is 15.5. The summed E-state index contributed by atoms with van der Waals surface area (Å²) in [5.41, 5.74) is 1.34. The molecule has 0 aliphatic carbocycles. The van der Waals surface area contributed by atoms with E-state index in [0.717, 1.165) is 56.7 Å². The molecule has 2 fully saturated rings. The quantitative estimate of drug-likeness (QED) is 0.418. The Morgan fingerprint density at radius 2 is 1.80 bits per heavy atom. The minimum Gasteiger partial charge on any atom is -0.379 e. The lowest BCUT2D eigenvalue weighted by Gasteiger charge is -2.51. The van der Waals surface area contributed by atoms with Crippen molar-refractivity contribution >= 4 is 35.4 Å². The number of amides is 1. The molecule has 0 bridgehead atoms. The number of carbonyl (C=O) groups is 2. The molecule has 7 heteroatoms. The van der Waals surface area contributed by atoms with Gasteiger partial charge in [0.2, 0.25) is 5.91 Å². The Morgan fingerprint density at radius 1 is 1.09 bits per heavy atom. The first-order valence-corrected chi connectivity index (χ1v) is 13.2. The van der Waals surface area contributed by atoms with Crippen LogP contribution in [0.3, 0.4) is 0 Å². The smallest absolute Gasteiger partial charge is 0.229 e. The predicted octanol–water partition coefficient (Wildman–Crippen LogP) is 5.76. The summed E-state index contributed by atoms with van der Waals surface area (Å²) < 4.78 is 5.49. The van der Waals surface area contributed by atoms with Gasteiger partial charge in [-0.3, -0.25) is 9.69 Å². The van der Waals surface area contributed by atoms with Crippen molar-refractivity contribution in [2.45, 2.75) is 51.1 Å². The summed E-state index contributed by atoms with van der Waals surface area (Å²) in [6.45, 7) is 8.28. The lowest BCUT2D eigenvalue weighted by atomic mass is 9.67. The number of likely N-dealkylation sites (tertiary alicyclic amines) is 1. The Kier molecular flexibility index (Phi) is 8.54.